The fraction of sp³-hybridized carbons (Fsp3) is 0. The van der Waals surface area contributed by atoms with Crippen LogP contribution in [-0.4, -0.2) is 9.55 Å². The highest BCUT2D eigenvalue weighted by atomic mass is 32.1. The minimum absolute atomic E-state index is 0.990. The van der Waals surface area contributed by atoms with Crippen LogP contribution in [0.2, 0.25) is 0 Å². The van der Waals surface area contributed by atoms with Crippen molar-refractivity contribution in [3.05, 3.63) is 146 Å². The molecule has 0 atom stereocenters. The molecule has 0 saturated carbocycles. The van der Waals surface area contributed by atoms with Gasteiger partial charge in [-0.3, -0.25) is 0 Å². The molecular formula is C39H24N2S. The Kier molecular flexibility index (Phi) is 5.10. The number of benzene rings is 6. The zero-order valence-electron chi connectivity index (χ0n) is 22.7. The first-order chi connectivity index (χ1) is 20.8. The maximum absolute atomic E-state index is 5.27. The van der Waals surface area contributed by atoms with E-state index in [4.69, 9.17) is 4.98 Å². The van der Waals surface area contributed by atoms with Gasteiger partial charge in [-0.25, -0.2) is 4.98 Å². The lowest BCUT2D eigenvalue weighted by atomic mass is 10.0. The molecular weight excluding hydrogens is 529 g/mol. The van der Waals surface area contributed by atoms with E-state index < -0.39 is 0 Å². The molecule has 42 heavy (non-hydrogen) atoms. The molecule has 0 aliphatic carbocycles. The van der Waals surface area contributed by atoms with Crippen molar-refractivity contribution in [3.8, 4) is 28.1 Å². The van der Waals surface area contributed by atoms with Gasteiger partial charge in [-0.2, -0.15) is 0 Å². The molecule has 0 spiro atoms. The molecule has 0 radical (unpaired) electrons. The molecule has 0 N–H and O–H groups in total. The van der Waals surface area contributed by atoms with Gasteiger partial charge in [0.1, 0.15) is 0 Å². The Bertz CT molecular complexity index is 2450. The van der Waals surface area contributed by atoms with Crippen LogP contribution in [0.1, 0.15) is 0 Å². The van der Waals surface area contributed by atoms with Crippen molar-refractivity contribution < 1.29 is 0 Å². The molecule has 3 aromatic heterocycles. The zero-order valence-corrected chi connectivity index (χ0v) is 23.5. The van der Waals surface area contributed by atoms with Gasteiger partial charge in [0.15, 0.2) is 0 Å². The molecule has 9 rings (SSSR count). The van der Waals surface area contributed by atoms with Crippen molar-refractivity contribution in [3.63, 3.8) is 0 Å². The summed E-state index contributed by atoms with van der Waals surface area (Å²) in [6.07, 6.45) is 0. The van der Waals surface area contributed by atoms with E-state index in [0.717, 1.165) is 28.0 Å². The van der Waals surface area contributed by atoms with Crippen molar-refractivity contribution in [2.45, 2.75) is 0 Å². The average molecular weight is 553 g/mol. The molecule has 3 heteroatoms. The van der Waals surface area contributed by atoms with Crippen LogP contribution in [0, 0.1) is 0 Å². The zero-order chi connectivity index (χ0) is 27.6. The Labute approximate surface area is 246 Å². The lowest BCUT2D eigenvalue weighted by Gasteiger charge is -2.11. The predicted molar refractivity (Wildman–Crippen MR) is 180 cm³/mol. The van der Waals surface area contributed by atoms with Gasteiger partial charge in [-0.15, -0.1) is 11.3 Å². The molecule has 6 aromatic carbocycles. The quantitative estimate of drug-likeness (QED) is 0.213. The second-order valence-electron chi connectivity index (χ2n) is 10.8. The third-order valence-electron chi connectivity index (χ3n) is 8.39. The lowest BCUT2D eigenvalue weighted by molar-refractivity contribution is 1.18. The Balaban J connectivity index is 1.31. The first-order valence-electron chi connectivity index (χ1n) is 14.2. The summed E-state index contributed by atoms with van der Waals surface area (Å²) >= 11 is 1.86. The first kappa shape index (κ1) is 23.5. The third-order valence-corrected chi connectivity index (χ3v) is 9.52. The van der Waals surface area contributed by atoms with E-state index in [0.29, 0.717) is 0 Å². The maximum Gasteiger partial charge on any atom is 0.0971 e. The van der Waals surface area contributed by atoms with E-state index in [1.165, 1.54) is 53.0 Å². The van der Waals surface area contributed by atoms with E-state index in [2.05, 4.69) is 144 Å². The number of fused-ring (bicyclic) bond motifs is 8. The molecule has 0 aliphatic heterocycles. The second kappa shape index (κ2) is 9.13. The third kappa shape index (κ3) is 3.54. The van der Waals surface area contributed by atoms with Gasteiger partial charge in [-0.05, 0) is 70.4 Å². The lowest BCUT2D eigenvalue weighted by Crippen LogP contribution is -1.95. The van der Waals surface area contributed by atoms with Crippen LogP contribution in [0.3, 0.4) is 0 Å². The van der Waals surface area contributed by atoms with Gasteiger partial charge >= 0.3 is 0 Å². The van der Waals surface area contributed by atoms with Crippen LogP contribution in [0.4, 0.5) is 0 Å². The average Bonchev–Trinajstić information content (AvgIpc) is 3.60. The fourth-order valence-corrected chi connectivity index (χ4v) is 7.49. The predicted octanol–water partition coefficient (Wildman–Crippen LogP) is 11.0. The number of aromatic nitrogens is 2. The SMILES string of the molecule is c1ccc(-c2ccc3c(n2)c2ccc4sc5ccccc5c4c2n3-c2ccc(-c3ccc4ccccc4c3)cc2)cc1. The van der Waals surface area contributed by atoms with Crippen LogP contribution in [0.25, 0.3) is 81.0 Å². The standard InChI is InChI=1S/C39H24N2S/c1-2-9-27(10-3-1)33-21-22-34-38(40-33)32-20-23-36-37(31-12-6-7-13-35(31)42-36)39(32)41(34)30-18-16-26(17-19-30)29-15-14-25-8-4-5-11-28(25)24-29/h1-24H. The highest BCUT2D eigenvalue weighted by molar-refractivity contribution is 7.26. The smallest absolute Gasteiger partial charge is 0.0971 e. The van der Waals surface area contributed by atoms with Crippen LogP contribution in [0.5, 0.6) is 0 Å². The van der Waals surface area contributed by atoms with Gasteiger partial charge in [0.2, 0.25) is 0 Å². The van der Waals surface area contributed by atoms with Gasteiger partial charge in [0, 0.05) is 36.8 Å². The number of thiophene rings is 1. The van der Waals surface area contributed by atoms with Gasteiger partial charge < -0.3 is 4.57 Å². The molecule has 0 fully saturated rings. The molecule has 2 nitrogen and oxygen atoms in total. The monoisotopic (exact) mass is 552 g/mol. The summed E-state index contributed by atoms with van der Waals surface area (Å²) in [6.45, 7) is 0. The second-order valence-corrected chi connectivity index (χ2v) is 11.9. The topological polar surface area (TPSA) is 17.8 Å². The van der Waals surface area contributed by atoms with Crippen molar-refractivity contribution in [2.24, 2.45) is 0 Å². The first-order valence-corrected chi connectivity index (χ1v) is 15.0. The Hall–Kier alpha value is -5.25. The summed E-state index contributed by atoms with van der Waals surface area (Å²) in [6, 6.07) is 52.4. The number of hydrogen-bond donors (Lipinski definition) is 0. The fourth-order valence-electron chi connectivity index (χ4n) is 6.38. The molecule has 9 aromatic rings. The molecule has 0 unspecified atom stereocenters. The van der Waals surface area contributed by atoms with Gasteiger partial charge in [-0.1, -0.05) is 97.1 Å². The van der Waals surface area contributed by atoms with Crippen molar-refractivity contribution in [1.29, 1.82) is 0 Å². The summed E-state index contributed by atoms with van der Waals surface area (Å²) in [5.41, 5.74) is 9.05. The normalized spacial score (nSPS) is 11.8. The number of nitrogens with zero attached hydrogens (tertiary/aromatic N) is 2. The van der Waals surface area contributed by atoms with Crippen LogP contribution >= 0.6 is 11.3 Å². The number of rotatable bonds is 3. The van der Waals surface area contributed by atoms with Gasteiger partial charge in [0.25, 0.3) is 0 Å². The van der Waals surface area contributed by atoms with Crippen molar-refractivity contribution in [1.82, 2.24) is 9.55 Å². The number of hydrogen-bond acceptors (Lipinski definition) is 2. The molecule has 0 amide bonds. The van der Waals surface area contributed by atoms with E-state index in [1.807, 2.05) is 17.4 Å². The summed E-state index contributed by atoms with van der Waals surface area (Å²) < 4.78 is 5.02. The molecule has 196 valence electrons. The van der Waals surface area contributed by atoms with E-state index in [9.17, 15) is 0 Å². The highest BCUT2D eigenvalue weighted by Gasteiger charge is 2.19. The van der Waals surface area contributed by atoms with Crippen molar-refractivity contribution in [2.75, 3.05) is 0 Å². The Morgan fingerprint density at radius 2 is 1.26 bits per heavy atom. The minimum atomic E-state index is 0.990. The Morgan fingerprint density at radius 1 is 0.500 bits per heavy atom. The Morgan fingerprint density at radius 3 is 2.14 bits per heavy atom. The van der Waals surface area contributed by atoms with Crippen LogP contribution in [0.15, 0.2) is 146 Å². The summed E-state index contributed by atoms with van der Waals surface area (Å²) in [7, 11) is 0. The highest BCUT2D eigenvalue weighted by Crippen LogP contribution is 2.43. The summed E-state index contributed by atoms with van der Waals surface area (Å²) in [5.74, 6) is 0. The number of pyridine rings is 1. The van der Waals surface area contributed by atoms with Crippen LogP contribution in [-0.2, 0) is 0 Å². The molecule has 0 bridgehead atoms. The van der Waals surface area contributed by atoms with Gasteiger partial charge in [0.05, 0.1) is 22.2 Å². The maximum atomic E-state index is 5.27. The summed E-state index contributed by atoms with van der Waals surface area (Å²) in [4.78, 5) is 5.27. The van der Waals surface area contributed by atoms with E-state index >= 15 is 0 Å². The van der Waals surface area contributed by atoms with Crippen molar-refractivity contribution >= 4 is 64.2 Å². The van der Waals surface area contributed by atoms with E-state index in [1.54, 1.807) is 0 Å². The molecule has 0 saturated heterocycles. The molecule has 3 heterocycles. The largest absolute Gasteiger partial charge is 0.307 e. The summed E-state index contributed by atoms with van der Waals surface area (Å²) in [5, 5.41) is 6.29. The van der Waals surface area contributed by atoms with Crippen LogP contribution < -0.4 is 0 Å². The molecule has 0 aliphatic rings. The van der Waals surface area contributed by atoms with E-state index in [-0.39, 0.29) is 0 Å². The minimum Gasteiger partial charge on any atom is -0.307 e.